The quantitative estimate of drug-likeness (QED) is 0.666. The van der Waals surface area contributed by atoms with Crippen LogP contribution in [0.1, 0.15) is 35.2 Å². The molecule has 2 aliphatic rings. The smallest absolute Gasteiger partial charge is 0.259 e. The monoisotopic (exact) mass is 441 g/mol. The highest BCUT2D eigenvalue weighted by Crippen LogP contribution is 2.41. The van der Waals surface area contributed by atoms with E-state index in [1.165, 1.54) is 14.2 Å². The highest BCUT2D eigenvalue weighted by Gasteiger charge is 2.43. The minimum Gasteiger partial charge on any atom is -0.481 e. The molecule has 2 saturated heterocycles. The van der Waals surface area contributed by atoms with E-state index in [9.17, 15) is 9.59 Å². The molecule has 2 aromatic heterocycles. The number of methoxy groups -OCH3 is 2. The maximum atomic E-state index is 13.1. The van der Waals surface area contributed by atoms with E-state index in [0.29, 0.717) is 24.5 Å². The molecule has 0 bridgehead atoms. The summed E-state index contributed by atoms with van der Waals surface area (Å²) in [7, 11) is 3.03. The predicted molar refractivity (Wildman–Crippen MR) is 119 cm³/mol. The number of piperidine rings is 1. The molecule has 0 atom stereocenters. The number of amides is 2. The van der Waals surface area contributed by atoms with Gasteiger partial charge in [-0.2, -0.15) is 16.3 Å². The maximum absolute atomic E-state index is 13.1. The normalized spacial score (nSPS) is 18.0. The Morgan fingerprint density at radius 2 is 1.81 bits per heavy atom. The summed E-state index contributed by atoms with van der Waals surface area (Å²) in [5.74, 6) is 0.682. The maximum Gasteiger partial charge on any atom is 0.259 e. The molecule has 2 amide bonds. The Bertz CT molecular complexity index is 965. The third-order valence-electron chi connectivity index (χ3n) is 6.29. The predicted octanol–water partition coefficient (Wildman–Crippen LogP) is 3.33. The Labute approximate surface area is 186 Å². The van der Waals surface area contributed by atoms with Gasteiger partial charge >= 0.3 is 0 Å². The third kappa shape index (κ3) is 4.58. The van der Waals surface area contributed by atoms with Crippen molar-refractivity contribution in [3.05, 3.63) is 46.2 Å². The number of hydrogen-bond donors (Lipinski definition) is 0. The van der Waals surface area contributed by atoms with Crippen molar-refractivity contribution in [2.45, 2.75) is 19.3 Å². The summed E-state index contributed by atoms with van der Waals surface area (Å²) in [5.41, 5.74) is 1.59. The van der Waals surface area contributed by atoms with Gasteiger partial charge in [0.05, 0.1) is 14.2 Å². The van der Waals surface area contributed by atoms with Crippen molar-refractivity contribution in [2.75, 3.05) is 40.4 Å². The molecule has 164 valence electrons. The lowest BCUT2D eigenvalue weighted by Gasteiger charge is -2.39. The van der Waals surface area contributed by atoms with Crippen LogP contribution in [0.4, 0.5) is 0 Å². The lowest BCUT2D eigenvalue weighted by Crippen LogP contribution is -2.44. The number of nitrogens with zero attached hydrogens (tertiary/aromatic N) is 3. The number of likely N-dealkylation sites (tertiary alicyclic amines) is 2. The van der Waals surface area contributed by atoms with E-state index < -0.39 is 0 Å². The van der Waals surface area contributed by atoms with Gasteiger partial charge in [0.25, 0.3) is 5.91 Å². The van der Waals surface area contributed by atoms with Crippen molar-refractivity contribution in [2.24, 2.45) is 5.41 Å². The van der Waals surface area contributed by atoms with E-state index in [1.54, 1.807) is 29.5 Å². The number of carbonyl (C=O) groups is 2. The zero-order chi connectivity index (χ0) is 21.8. The third-order valence-corrected chi connectivity index (χ3v) is 6.99. The first kappa shape index (κ1) is 21.4. The molecule has 7 nitrogen and oxygen atoms in total. The van der Waals surface area contributed by atoms with Crippen molar-refractivity contribution in [3.8, 4) is 11.8 Å². The van der Waals surface area contributed by atoms with E-state index in [-0.39, 0.29) is 23.1 Å². The zero-order valence-electron chi connectivity index (χ0n) is 17.9. The Morgan fingerprint density at radius 1 is 1.06 bits per heavy atom. The van der Waals surface area contributed by atoms with Gasteiger partial charge in [0.2, 0.25) is 17.7 Å². The molecule has 8 heteroatoms. The lowest BCUT2D eigenvalue weighted by atomic mass is 9.78. The van der Waals surface area contributed by atoms with Gasteiger partial charge in [-0.15, -0.1) is 0 Å². The van der Waals surface area contributed by atoms with Gasteiger partial charge < -0.3 is 19.3 Å². The first-order chi connectivity index (χ1) is 15.0. The van der Waals surface area contributed by atoms with Crippen LogP contribution in [0.2, 0.25) is 0 Å². The Morgan fingerprint density at radius 3 is 2.45 bits per heavy atom. The average Bonchev–Trinajstić information content (AvgIpc) is 3.47. The molecule has 31 heavy (non-hydrogen) atoms. The first-order valence-corrected chi connectivity index (χ1v) is 11.4. The summed E-state index contributed by atoms with van der Waals surface area (Å²) >= 11 is 1.62. The van der Waals surface area contributed by atoms with Gasteiger partial charge in [-0.3, -0.25) is 9.59 Å². The van der Waals surface area contributed by atoms with Gasteiger partial charge in [-0.1, -0.05) is 0 Å². The molecule has 1 spiro atoms. The molecule has 2 aromatic rings. The van der Waals surface area contributed by atoms with Crippen LogP contribution in [0.5, 0.6) is 11.8 Å². The standard InChI is InChI=1S/C23H27N3O4S/c1-29-19-5-4-18(21(24-19)30-2)22(28)26-13-10-23(16-26)8-11-25(12-9-23)20(27)6-3-17-7-14-31-15-17/h3-7,14-15H,8-13,16H2,1-2H3. The second-order valence-electron chi connectivity index (χ2n) is 8.10. The summed E-state index contributed by atoms with van der Waals surface area (Å²) in [6, 6.07) is 5.38. The van der Waals surface area contributed by atoms with E-state index in [1.807, 2.05) is 32.7 Å². The van der Waals surface area contributed by atoms with Crippen molar-refractivity contribution in [1.29, 1.82) is 0 Å². The number of aromatic nitrogens is 1. The van der Waals surface area contributed by atoms with Gasteiger partial charge in [0, 0.05) is 38.3 Å². The Kier molecular flexibility index (Phi) is 6.27. The summed E-state index contributed by atoms with van der Waals surface area (Å²) in [4.78, 5) is 33.7. The average molecular weight is 442 g/mol. The fourth-order valence-corrected chi connectivity index (χ4v) is 5.02. The fourth-order valence-electron chi connectivity index (χ4n) is 4.39. The largest absolute Gasteiger partial charge is 0.481 e. The number of pyridine rings is 1. The highest BCUT2D eigenvalue weighted by molar-refractivity contribution is 7.08. The van der Waals surface area contributed by atoms with E-state index in [2.05, 4.69) is 4.98 Å². The van der Waals surface area contributed by atoms with Crippen LogP contribution in [0.25, 0.3) is 6.08 Å². The molecule has 0 saturated carbocycles. The van der Waals surface area contributed by atoms with Crippen LogP contribution in [0.3, 0.4) is 0 Å². The molecule has 0 N–H and O–H groups in total. The molecule has 0 aromatic carbocycles. The molecule has 2 aliphatic heterocycles. The molecule has 4 heterocycles. The van der Waals surface area contributed by atoms with E-state index in [0.717, 1.165) is 37.9 Å². The topological polar surface area (TPSA) is 72.0 Å². The van der Waals surface area contributed by atoms with E-state index >= 15 is 0 Å². The van der Waals surface area contributed by atoms with Crippen LogP contribution in [-0.2, 0) is 4.79 Å². The lowest BCUT2D eigenvalue weighted by molar-refractivity contribution is -0.128. The van der Waals surface area contributed by atoms with Crippen LogP contribution < -0.4 is 9.47 Å². The van der Waals surface area contributed by atoms with E-state index in [4.69, 9.17) is 9.47 Å². The molecule has 2 fully saturated rings. The molecule has 4 rings (SSSR count). The molecule has 0 aliphatic carbocycles. The van der Waals surface area contributed by atoms with Crippen molar-refractivity contribution < 1.29 is 19.1 Å². The summed E-state index contributed by atoms with van der Waals surface area (Å²) < 4.78 is 10.4. The van der Waals surface area contributed by atoms with Gasteiger partial charge in [0.15, 0.2) is 0 Å². The van der Waals surface area contributed by atoms with Crippen LogP contribution in [0.15, 0.2) is 35.0 Å². The number of rotatable bonds is 5. The van der Waals surface area contributed by atoms with Gasteiger partial charge in [0.1, 0.15) is 5.56 Å². The van der Waals surface area contributed by atoms with Crippen LogP contribution >= 0.6 is 11.3 Å². The van der Waals surface area contributed by atoms with Gasteiger partial charge in [-0.05, 0) is 59.2 Å². The van der Waals surface area contributed by atoms with Crippen LogP contribution in [-0.4, -0.2) is 67.0 Å². The Balaban J connectivity index is 1.36. The minimum atomic E-state index is -0.0684. The number of carbonyl (C=O) groups excluding carboxylic acids is 2. The molecule has 0 radical (unpaired) electrons. The SMILES string of the molecule is COc1ccc(C(=O)N2CCC3(CCN(C(=O)C=Cc4ccsc4)CC3)C2)c(OC)n1. The Hall–Kier alpha value is -2.87. The highest BCUT2D eigenvalue weighted by atomic mass is 32.1. The summed E-state index contributed by atoms with van der Waals surface area (Å²) in [5, 5.41) is 4.02. The summed E-state index contributed by atoms with van der Waals surface area (Å²) in [6.45, 7) is 2.86. The molecular formula is C23H27N3O4S. The summed E-state index contributed by atoms with van der Waals surface area (Å²) in [6.07, 6.45) is 6.31. The number of hydrogen-bond acceptors (Lipinski definition) is 6. The van der Waals surface area contributed by atoms with Crippen LogP contribution in [0, 0.1) is 5.41 Å². The van der Waals surface area contributed by atoms with Crippen molar-refractivity contribution in [1.82, 2.24) is 14.8 Å². The van der Waals surface area contributed by atoms with Gasteiger partial charge in [-0.25, -0.2) is 0 Å². The molecule has 0 unspecified atom stereocenters. The van der Waals surface area contributed by atoms with Crippen molar-refractivity contribution in [3.63, 3.8) is 0 Å². The minimum absolute atomic E-state index is 0.0565. The fraction of sp³-hybridized carbons (Fsp3) is 0.435. The second-order valence-corrected chi connectivity index (χ2v) is 8.88. The number of ether oxygens (including phenoxy) is 2. The molecular weight excluding hydrogens is 414 g/mol. The second kappa shape index (κ2) is 9.09. The van der Waals surface area contributed by atoms with Crippen molar-refractivity contribution >= 4 is 29.2 Å². The number of thiophene rings is 1. The first-order valence-electron chi connectivity index (χ1n) is 10.4. The zero-order valence-corrected chi connectivity index (χ0v) is 18.7.